The smallest absolute Gasteiger partial charge is 0.277 e. The van der Waals surface area contributed by atoms with Gasteiger partial charge in [0.15, 0.2) is 0 Å². The molecule has 2 N–H and O–H groups in total. The van der Waals surface area contributed by atoms with Crippen LogP contribution in [-0.4, -0.2) is 24.8 Å². The molecule has 0 saturated carbocycles. The number of hydrogen-bond acceptors (Lipinski definition) is 5. The molecule has 0 fully saturated rings. The molecule has 0 spiro atoms. The highest BCUT2D eigenvalue weighted by Crippen LogP contribution is 2.05. The van der Waals surface area contributed by atoms with Crippen LogP contribution in [0.5, 0.6) is 0 Å². The van der Waals surface area contributed by atoms with E-state index in [2.05, 4.69) is 4.98 Å². The van der Waals surface area contributed by atoms with Crippen molar-refractivity contribution in [1.29, 1.82) is 0 Å². The molecule has 13 heavy (non-hydrogen) atoms. The molecular weight excluding hydrogens is 192 g/mol. The number of aromatic nitrogens is 1. The second kappa shape index (κ2) is 3.14. The molecule has 0 atom stereocenters. The van der Waals surface area contributed by atoms with Gasteiger partial charge in [-0.1, -0.05) is 0 Å². The number of nitrogens with zero attached hydrogens (tertiary/aromatic N) is 1. The molecule has 1 aromatic heterocycles. The maximum Gasteiger partial charge on any atom is 0.277 e. The summed E-state index contributed by atoms with van der Waals surface area (Å²) in [7, 11) is -3.69. The van der Waals surface area contributed by atoms with Crippen LogP contribution in [0.2, 0.25) is 0 Å². The molecule has 0 aliphatic rings. The summed E-state index contributed by atoms with van der Waals surface area (Å²) in [5, 5.41) is -0.944. The maximum absolute atomic E-state index is 11.1. The lowest BCUT2D eigenvalue weighted by Crippen LogP contribution is -2.13. The fourth-order valence-electron chi connectivity index (χ4n) is 0.740. The highest BCUT2D eigenvalue weighted by molar-refractivity contribution is 8.06. The minimum atomic E-state index is -3.69. The first-order valence-electron chi connectivity index (χ1n) is 3.37. The van der Waals surface area contributed by atoms with Crippen molar-refractivity contribution in [3.05, 3.63) is 23.9 Å². The van der Waals surface area contributed by atoms with Crippen molar-refractivity contribution >= 4 is 20.8 Å². The van der Waals surface area contributed by atoms with Crippen LogP contribution >= 0.6 is 0 Å². The Morgan fingerprint density at radius 1 is 1.46 bits per heavy atom. The van der Waals surface area contributed by atoms with Gasteiger partial charge in [-0.15, -0.1) is 0 Å². The second-order valence-electron chi connectivity index (χ2n) is 2.53. The normalized spacial score (nSPS) is 11.2. The van der Waals surface area contributed by atoms with Crippen LogP contribution in [0.3, 0.4) is 0 Å². The molecule has 0 saturated heterocycles. The number of carbonyl (C=O) groups excluding carboxylic acids is 1. The molecule has 0 aromatic carbocycles. The van der Waals surface area contributed by atoms with Gasteiger partial charge in [0.1, 0.15) is 5.82 Å². The van der Waals surface area contributed by atoms with E-state index < -0.39 is 15.0 Å². The second-order valence-corrected chi connectivity index (χ2v) is 4.45. The third-order valence-electron chi connectivity index (χ3n) is 1.36. The van der Waals surface area contributed by atoms with Gasteiger partial charge in [-0.05, 0) is 12.1 Å². The monoisotopic (exact) mass is 200 g/mol. The van der Waals surface area contributed by atoms with Gasteiger partial charge in [-0.3, -0.25) is 4.79 Å². The van der Waals surface area contributed by atoms with Gasteiger partial charge < -0.3 is 5.73 Å². The van der Waals surface area contributed by atoms with E-state index in [0.29, 0.717) is 0 Å². The van der Waals surface area contributed by atoms with E-state index >= 15 is 0 Å². The van der Waals surface area contributed by atoms with E-state index in [1.54, 1.807) is 0 Å². The molecule has 1 aromatic rings. The molecule has 70 valence electrons. The molecule has 1 heterocycles. The summed E-state index contributed by atoms with van der Waals surface area (Å²) in [6.45, 7) is 0. The first-order valence-corrected chi connectivity index (χ1v) is 5.26. The van der Waals surface area contributed by atoms with Gasteiger partial charge in [0.2, 0.25) is 9.84 Å². The summed E-state index contributed by atoms with van der Waals surface area (Å²) in [5.41, 5.74) is 5.29. The predicted octanol–water partition coefficient (Wildman–Crippen LogP) is -0.151. The third kappa shape index (κ3) is 2.25. The van der Waals surface area contributed by atoms with Crippen LogP contribution in [0.1, 0.15) is 10.4 Å². The number of hydrogen-bond donors (Lipinski definition) is 1. The summed E-state index contributed by atoms with van der Waals surface area (Å²) < 4.78 is 21.6. The lowest BCUT2D eigenvalue weighted by atomic mass is 10.3. The molecule has 0 radical (unpaired) electrons. The third-order valence-corrected chi connectivity index (χ3v) is 2.27. The minimum Gasteiger partial charge on any atom is -0.384 e. The molecule has 5 nitrogen and oxygen atoms in total. The van der Waals surface area contributed by atoms with E-state index in [9.17, 15) is 13.2 Å². The van der Waals surface area contributed by atoms with Gasteiger partial charge in [-0.2, -0.15) is 0 Å². The van der Waals surface area contributed by atoms with Crippen LogP contribution in [0.15, 0.2) is 18.3 Å². The van der Waals surface area contributed by atoms with Crippen molar-refractivity contribution in [1.82, 2.24) is 4.98 Å². The first-order chi connectivity index (χ1) is 5.91. The van der Waals surface area contributed by atoms with E-state index in [4.69, 9.17) is 5.73 Å². The summed E-state index contributed by atoms with van der Waals surface area (Å²) in [6, 6.07) is 2.70. The van der Waals surface area contributed by atoms with E-state index in [1.807, 2.05) is 0 Å². The topological polar surface area (TPSA) is 90.1 Å². The minimum absolute atomic E-state index is 0.0247. The zero-order valence-electron chi connectivity index (χ0n) is 6.89. The van der Waals surface area contributed by atoms with Crippen molar-refractivity contribution in [2.45, 2.75) is 0 Å². The fraction of sp³-hybridized carbons (Fsp3) is 0.143. The van der Waals surface area contributed by atoms with Crippen molar-refractivity contribution in [2.24, 2.45) is 0 Å². The van der Waals surface area contributed by atoms with E-state index in [-0.39, 0.29) is 11.4 Å². The molecule has 1 rings (SSSR count). The summed E-state index contributed by atoms with van der Waals surface area (Å²) in [5.74, 6) is 0.241. The highest BCUT2D eigenvalue weighted by atomic mass is 32.2. The summed E-state index contributed by atoms with van der Waals surface area (Å²) in [6.07, 6.45) is 1.99. The van der Waals surface area contributed by atoms with Gasteiger partial charge in [0, 0.05) is 12.5 Å². The SMILES string of the molecule is CS(=O)(=O)C(=O)c1ccc(N)nc1. The van der Waals surface area contributed by atoms with Gasteiger partial charge in [0.25, 0.3) is 5.12 Å². The lowest BCUT2D eigenvalue weighted by molar-refractivity contribution is 0.107. The Bertz CT molecular complexity index is 422. The predicted molar refractivity (Wildman–Crippen MR) is 47.8 cm³/mol. The van der Waals surface area contributed by atoms with E-state index in [1.165, 1.54) is 12.1 Å². The molecule has 0 unspecified atom stereocenters. The van der Waals surface area contributed by atoms with E-state index in [0.717, 1.165) is 12.5 Å². The number of nitrogen functional groups attached to an aromatic ring is 1. The number of nitrogens with two attached hydrogens (primary N) is 1. The van der Waals surface area contributed by atoms with Crippen molar-refractivity contribution in [2.75, 3.05) is 12.0 Å². The average molecular weight is 200 g/mol. The largest absolute Gasteiger partial charge is 0.384 e. The van der Waals surface area contributed by atoms with Crippen LogP contribution < -0.4 is 5.73 Å². The molecule has 0 amide bonds. The van der Waals surface area contributed by atoms with Crippen molar-refractivity contribution in [3.63, 3.8) is 0 Å². The first kappa shape index (κ1) is 9.66. The van der Waals surface area contributed by atoms with Crippen LogP contribution in [0.4, 0.5) is 5.82 Å². The molecule has 0 aliphatic carbocycles. The standard InChI is InChI=1S/C7H8N2O3S/c1-13(11,12)7(10)5-2-3-6(8)9-4-5/h2-4H,1H3,(H2,8,9). The maximum atomic E-state index is 11.1. The summed E-state index contributed by atoms with van der Waals surface area (Å²) in [4.78, 5) is 14.7. The van der Waals surface area contributed by atoms with Gasteiger partial charge in [0.05, 0.1) is 5.56 Å². The average Bonchev–Trinajstić information content (AvgIpc) is 2.03. The van der Waals surface area contributed by atoms with Crippen molar-refractivity contribution in [3.8, 4) is 0 Å². The Morgan fingerprint density at radius 3 is 2.46 bits per heavy atom. The zero-order chi connectivity index (χ0) is 10.1. The fourth-order valence-corrected chi connectivity index (χ4v) is 1.29. The molecule has 6 heteroatoms. The Hall–Kier alpha value is -1.43. The van der Waals surface area contributed by atoms with Crippen LogP contribution in [0.25, 0.3) is 0 Å². The number of pyridine rings is 1. The number of rotatable bonds is 1. The molecule has 0 bridgehead atoms. The van der Waals surface area contributed by atoms with Crippen LogP contribution in [-0.2, 0) is 9.84 Å². The quantitative estimate of drug-likeness (QED) is 0.680. The Morgan fingerprint density at radius 2 is 2.08 bits per heavy atom. The Balaban J connectivity index is 3.12. The lowest BCUT2D eigenvalue weighted by Gasteiger charge is -1.97. The number of carbonyl (C=O) groups is 1. The number of sulfone groups is 1. The summed E-state index contributed by atoms with van der Waals surface area (Å²) >= 11 is 0. The van der Waals surface area contributed by atoms with Crippen molar-refractivity contribution < 1.29 is 13.2 Å². The van der Waals surface area contributed by atoms with Crippen LogP contribution in [0, 0.1) is 0 Å². The molecule has 0 aliphatic heterocycles. The Kier molecular flexibility index (Phi) is 2.33. The zero-order valence-corrected chi connectivity index (χ0v) is 7.71. The number of anilines is 1. The van der Waals surface area contributed by atoms with Gasteiger partial charge in [-0.25, -0.2) is 13.4 Å². The highest BCUT2D eigenvalue weighted by Gasteiger charge is 2.17. The van der Waals surface area contributed by atoms with Gasteiger partial charge >= 0.3 is 0 Å². The molecular formula is C7H8N2O3S. The Labute approximate surface area is 75.5 Å².